The average molecular weight is 427 g/mol. The topological polar surface area (TPSA) is 107 Å². The van der Waals surface area contributed by atoms with Gasteiger partial charge < -0.3 is 9.84 Å². The lowest BCUT2D eigenvalue weighted by Crippen LogP contribution is -2.20. The van der Waals surface area contributed by atoms with Crippen LogP contribution in [-0.4, -0.2) is 21.8 Å². The Morgan fingerprint density at radius 1 is 0.844 bits per heavy atom. The van der Waals surface area contributed by atoms with Gasteiger partial charge in [-0.25, -0.2) is 4.79 Å². The van der Waals surface area contributed by atoms with Gasteiger partial charge in [0.25, 0.3) is 5.69 Å². The van der Waals surface area contributed by atoms with E-state index >= 15 is 0 Å². The molecule has 0 bridgehead atoms. The maximum Gasteiger partial charge on any atom is 0.343 e. The van der Waals surface area contributed by atoms with Crippen LogP contribution in [0.4, 0.5) is 5.69 Å². The number of phenolic OH excluding ortho intramolecular Hbond substituents is 1. The molecule has 0 aromatic heterocycles. The lowest BCUT2D eigenvalue weighted by atomic mass is 9.99. The van der Waals surface area contributed by atoms with Crippen molar-refractivity contribution in [2.24, 2.45) is 0 Å². The number of nitro groups is 1. The van der Waals surface area contributed by atoms with Crippen LogP contribution in [0.5, 0.6) is 5.75 Å². The Morgan fingerprint density at radius 2 is 1.44 bits per heavy atom. The average Bonchev–Trinajstić information content (AvgIpc) is 2.82. The van der Waals surface area contributed by atoms with E-state index in [1.807, 2.05) is 6.07 Å². The zero-order valence-electron chi connectivity index (χ0n) is 16.7. The number of ether oxygens (including phenoxy) is 1. The first-order chi connectivity index (χ1) is 15.4. The molecule has 0 aliphatic carbocycles. The monoisotopic (exact) mass is 427 g/mol. The Bertz CT molecular complexity index is 1320. The van der Waals surface area contributed by atoms with Crippen LogP contribution in [0.3, 0.4) is 0 Å². The van der Waals surface area contributed by atoms with Crippen LogP contribution in [0.2, 0.25) is 0 Å². The standard InChI is InChI=1S/C25H17NO6/c27-22-15-19-9-5-4-8-18(19)14-21(22)25(29)32-24(23(28)16-6-2-1-3-7-16)17-10-12-20(13-11-17)26(30)31/h1-15,24,27H/t24-/m0/s1. The van der Waals surface area contributed by atoms with Gasteiger partial charge in [-0.2, -0.15) is 0 Å². The number of phenols is 1. The van der Waals surface area contributed by atoms with Crippen LogP contribution in [0.1, 0.15) is 32.4 Å². The van der Waals surface area contributed by atoms with Crippen molar-refractivity contribution < 1.29 is 24.4 Å². The van der Waals surface area contributed by atoms with Crippen molar-refractivity contribution in [2.45, 2.75) is 6.10 Å². The lowest BCUT2D eigenvalue weighted by Gasteiger charge is -2.18. The Hall–Kier alpha value is -4.52. The number of benzene rings is 4. The van der Waals surface area contributed by atoms with E-state index in [4.69, 9.17) is 4.74 Å². The molecule has 7 heteroatoms. The van der Waals surface area contributed by atoms with E-state index in [-0.39, 0.29) is 22.6 Å². The first-order valence-electron chi connectivity index (χ1n) is 9.70. The van der Waals surface area contributed by atoms with Crippen LogP contribution in [0, 0.1) is 10.1 Å². The molecular weight excluding hydrogens is 410 g/mol. The number of esters is 1. The quantitative estimate of drug-likeness (QED) is 0.195. The number of rotatable bonds is 6. The van der Waals surface area contributed by atoms with Crippen LogP contribution in [0.15, 0.2) is 91.0 Å². The van der Waals surface area contributed by atoms with Crippen LogP contribution >= 0.6 is 0 Å². The summed E-state index contributed by atoms with van der Waals surface area (Å²) in [5.41, 5.74) is 0.346. The Labute approximate surface area is 182 Å². The number of aromatic hydroxyl groups is 1. The smallest absolute Gasteiger partial charge is 0.343 e. The molecular formula is C25H17NO6. The van der Waals surface area contributed by atoms with Gasteiger partial charge in [-0.15, -0.1) is 0 Å². The molecule has 4 aromatic carbocycles. The van der Waals surface area contributed by atoms with Crippen molar-refractivity contribution in [3.8, 4) is 5.75 Å². The highest BCUT2D eigenvalue weighted by molar-refractivity contribution is 6.03. The second-order valence-electron chi connectivity index (χ2n) is 7.08. The summed E-state index contributed by atoms with van der Waals surface area (Å²) in [6, 6.07) is 23.6. The van der Waals surface area contributed by atoms with Gasteiger partial charge in [0.05, 0.1) is 4.92 Å². The molecule has 4 rings (SSSR count). The number of nitro benzene ring substituents is 1. The van der Waals surface area contributed by atoms with Gasteiger partial charge in [-0.05, 0) is 35.0 Å². The largest absolute Gasteiger partial charge is 0.507 e. The number of hydrogen-bond donors (Lipinski definition) is 1. The molecule has 0 saturated carbocycles. The van der Waals surface area contributed by atoms with Gasteiger partial charge in [0.2, 0.25) is 5.78 Å². The molecule has 0 fully saturated rings. The molecule has 4 aromatic rings. The fourth-order valence-corrected chi connectivity index (χ4v) is 3.36. The first-order valence-corrected chi connectivity index (χ1v) is 9.70. The predicted molar refractivity (Wildman–Crippen MR) is 118 cm³/mol. The van der Waals surface area contributed by atoms with Crippen molar-refractivity contribution in [1.82, 2.24) is 0 Å². The number of carbonyl (C=O) groups excluding carboxylic acids is 2. The van der Waals surface area contributed by atoms with Gasteiger partial charge in [-0.1, -0.05) is 54.6 Å². The number of nitrogens with zero attached hydrogens (tertiary/aromatic N) is 1. The third-order valence-electron chi connectivity index (χ3n) is 5.01. The Balaban J connectivity index is 1.71. The predicted octanol–water partition coefficient (Wildman–Crippen LogP) is 5.23. The number of ketones is 1. The fourth-order valence-electron chi connectivity index (χ4n) is 3.36. The van der Waals surface area contributed by atoms with Crippen molar-refractivity contribution in [2.75, 3.05) is 0 Å². The number of Topliss-reactive ketones (excluding diaryl/α,β-unsaturated/α-hetero) is 1. The SMILES string of the molecule is O=C(O[C@H](C(=O)c1ccccc1)c1ccc([N+](=O)[O-])cc1)c1cc2ccccc2cc1O. The summed E-state index contributed by atoms with van der Waals surface area (Å²) in [4.78, 5) is 36.5. The summed E-state index contributed by atoms with van der Waals surface area (Å²) in [6.07, 6.45) is -1.35. The molecule has 1 N–H and O–H groups in total. The highest BCUT2D eigenvalue weighted by Crippen LogP contribution is 2.30. The zero-order chi connectivity index (χ0) is 22.7. The molecule has 0 radical (unpaired) electrons. The Kier molecular flexibility index (Phi) is 5.63. The zero-order valence-corrected chi connectivity index (χ0v) is 16.7. The van der Waals surface area contributed by atoms with Gasteiger partial charge in [0, 0.05) is 23.3 Å². The summed E-state index contributed by atoms with van der Waals surface area (Å²) in [6.45, 7) is 0. The van der Waals surface area contributed by atoms with Gasteiger partial charge in [0.15, 0.2) is 6.10 Å². The number of carbonyl (C=O) groups is 2. The molecule has 1 atom stereocenters. The molecule has 0 heterocycles. The molecule has 0 saturated heterocycles. The van der Waals surface area contributed by atoms with Crippen molar-refractivity contribution in [3.05, 3.63) is 118 Å². The van der Waals surface area contributed by atoms with Gasteiger partial charge >= 0.3 is 5.97 Å². The molecule has 158 valence electrons. The Morgan fingerprint density at radius 3 is 2.06 bits per heavy atom. The molecule has 32 heavy (non-hydrogen) atoms. The van der Waals surface area contributed by atoms with Crippen LogP contribution in [0.25, 0.3) is 10.8 Å². The van der Waals surface area contributed by atoms with E-state index in [2.05, 4.69) is 0 Å². The van der Waals surface area contributed by atoms with Gasteiger partial charge in [0.1, 0.15) is 11.3 Å². The number of hydrogen-bond acceptors (Lipinski definition) is 6. The minimum atomic E-state index is -1.35. The van der Waals surface area contributed by atoms with E-state index < -0.39 is 22.8 Å². The van der Waals surface area contributed by atoms with Crippen molar-refractivity contribution in [3.63, 3.8) is 0 Å². The highest BCUT2D eigenvalue weighted by atomic mass is 16.6. The molecule has 7 nitrogen and oxygen atoms in total. The second kappa shape index (κ2) is 8.69. The molecule has 0 aliphatic rings. The normalized spacial score (nSPS) is 11.6. The fraction of sp³-hybridized carbons (Fsp3) is 0.0400. The first kappa shape index (κ1) is 20.7. The van der Waals surface area contributed by atoms with Crippen LogP contribution < -0.4 is 0 Å². The summed E-state index contributed by atoms with van der Waals surface area (Å²) in [7, 11) is 0. The van der Waals surface area contributed by atoms with Crippen molar-refractivity contribution in [1.29, 1.82) is 0 Å². The third-order valence-corrected chi connectivity index (χ3v) is 5.01. The van der Waals surface area contributed by atoms with Crippen molar-refractivity contribution >= 4 is 28.2 Å². The lowest BCUT2D eigenvalue weighted by molar-refractivity contribution is -0.384. The van der Waals surface area contributed by atoms with E-state index in [0.717, 1.165) is 10.8 Å². The molecule has 0 aliphatic heterocycles. The molecule has 0 unspecified atom stereocenters. The molecule has 0 spiro atoms. The van der Waals surface area contributed by atoms with Gasteiger partial charge in [-0.3, -0.25) is 14.9 Å². The maximum atomic E-state index is 13.2. The minimum Gasteiger partial charge on any atom is -0.507 e. The maximum absolute atomic E-state index is 13.2. The van der Waals surface area contributed by atoms with E-state index in [9.17, 15) is 24.8 Å². The van der Waals surface area contributed by atoms with E-state index in [1.54, 1.807) is 48.5 Å². The number of non-ortho nitro benzene ring substituents is 1. The molecule has 0 amide bonds. The highest BCUT2D eigenvalue weighted by Gasteiger charge is 2.28. The minimum absolute atomic E-state index is 0.0866. The summed E-state index contributed by atoms with van der Waals surface area (Å²) in [5.74, 6) is -1.66. The van der Waals surface area contributed by atoms with E-state index in [0.29, 0.717) is 5.56 Å². The summed E-state index contributed by atoms with van der Waals surface area (Å²) < 4.78 is 5.55. The number of fused-ring (bicyclic) bond motifs is 1. The summed E-state index contributed by atoms with van der Waals surface area (Å²) in [5, 5.41) is 22.8. The second-order valence-corrected chi connectivity index (χ2v) is 7.08. The third kappa shape index (κ3) is 4.17. The summed E-state index contributed by atoms with van der Waals surface area (Å²) >= 11 is 0. The van der Waals surface area contributed by atoms with Crippen LogP contribution in [-0.2, 0) is 4.74 Å². The van der Waals surface area contributed by atoms with E-state index in [1.165, 1.54) is 36.4 Å².